The molecule has 4 rings (SSSR count). The minimum Gasteiger partial charge on any atom is -0.355 e. The maximum atomic E-state index is 12.4. The van der Waals surface area contributed by atoms with Crippen LogP contribution in [0, 0.1) is 5.92 Å². The van der Waals surface area contributed by atoms with E-state index in [0.717, 1.165) is 33.6 Å². The van der Waals surface area contributed by atoms with Crippen LogP contribution in [-0.4, -0.2) is 22.4 Å². The van der Waals surface area contributed by atoms with Crippen molar-refractivity contribution in [3.8, 4) is 0 Å². The minimum atomic E-state index is -0.0862. The van der Waals surface area contributed by atoms with Crippen molar-refractivity contribution in [3.63, 3.8) is 0 Å². The average molecular weight is 352 g/mol. The molecule has 1 heterocycles. The summed E-state index contributed by atoms with van der Waals surface area (Å²) in [5.74, 6) is 0.828. The van der Waals surface area contributed by atoms with Gasteiger partial charge in [-0.15, -0.1) is 0 Å². The van der Waals surface area contributed by atoms with Gasteiger partial charge in [0, 0.05) is 18.0 Å². The lowest BCUT2D eigenvalue weighted by Crippen LogP contribution is -2.28. The number of carbonyl (C=O) groups is 1. The van der Waals surface area contributed by atoms with Crippen LogP contribution >= 0.6 is 11.6 Å². The van der Waals surface area contributed by atoms with Crippen LogP contribution in [0.4, 0.5) is 0 Å². The Kier molecular flexibility index (Phi) is 4.06. The molecule has 0 spiro atoms. The first-order valence-electron chi connectivity index (χ1n) is 8.31. The molecular weight excluding hydrogens is 334 g/mol. The number of amides is 1. The molecule has 0 fully saturated rings. The smallest absolute Gasteiger partial charge is 0.231 e. The third kappa shape index (κ3) is 3.17. The number of aromatic nitrogens is 2. The lowest BCUT2D eigenvalue weighted by molar-refractivity contribution is -0.121. The number of fused-ring (bicyclic) bond motifs is 1. The van der Waals surface area contributed by atoms with Gasteiger partial charge in [0.05, 0.1) is 17.0 Å². The van der Waals surface area contributed by atoms with E-state index in [-0.39, 0.29) is 11.8 Å². The normalized spacial score (nSPS) is 16.3. The summed E-state index contributed by atoms with van der Waals surface area (Å²) in [4.78, 5) is 20.2. The molecule has 3 aromatic rings. The predicted molar refractivity (Wildman–Crippen MR) is 100 cm³/mol. The summed E-state index contributed by atoms with van der Waals surface area (Å²) < 4.78 is 0. The number of H-pyrrole nitrogens is 1. The fourth-order valence-corrected chi connectivity index (χ4v) is 3.40. The van der Waals surface area contributed by atoms with Gasteiger partial charge in [-0.25, -0.2) is 4.98 Å². The van der Waals surface area contributed by atoms with Gasteiger partial charge in [-0.05, 0) is 36.3 Å². The average Bonchev–Trinajstić information content (AvgIpc) is 3.12. The van der Waals surface area contributed by atoms with Crippen LogP contribution in [0.25, 0.3) is 16.6 Å². The molecule has 0 bridgehead atoms. The zero-order valence-electron chi connectivity index (χ0n) is 13.8. The second-order valence-corrected chi connectivity index (χ2v) is 6.72. The van der Waals surface area contributed by atoms with Gasteiger partial charge in [0.15, 0.2) is 0 Å². The van der Waals surface area contributed by atoms with Crippen LogP contribution < -0.4 is 5.32 Å². The number of halogens is 1. The highest BCUT2D eigenvalue weighted by Crippen LogP contribution is 2.46. The molecule has 1 amide bonds. The summed E-state index contributed by atoms with van der Waals surface area (Å²) in [6.45, 7) is 2.58. The number of nitrogens with one attached hydrogen (secondary N) is 2. The molecule has 1 aromatic heterocycles. The highest BCUT2D eigenvalue weighted by molar-refractivity contribution is 6.31. The summed E-state index contributed by atoms with van der Waals surface area (Å²) in [6, 6.07) is 15.6. The summed E-state index contributed by atoms with van der Waals surface area (Å²) in [5, 5.41) is 3.69. The van der Waals surface area contributed by atoms with Crippen molar-refractivity contribution in [2.24, 2.45) is 5.92 Å². The summed E-state index contributed by atoms with van der Waals surface area (Å²) >= 11 is 5.98. The second-order valence-electron chi connectivity index (χ2n) is 6.28. The Bertz CT molecular complexity index is 975. The van der Waals surface area contributed by atoms with E-state index in [2.05, 4.69) is 15.3 Å². The van der Waals surface area contributed by atoms with E-state index in [1.54, 1.807) is 0 Å². The van der Waals surface area contributed by atoms with E-state index in [0.29, 0.717) is 18.0 Å². The van der Waals surface area contributed by atoms with Crippen molar-refractivity contribution >= 4 is 34.1 Å². The molecule has 2 aromatic carbocycles. The molecule has 0 aliphatic heterocycles. The number of nitrogens with zero attached hydrogens (tertiary/aromatic N) is 1. The zero-order chi connectivity index (χ0) is 17.4. The predicted octanol–water partition coefficient (Wildman–Crippen LogP) is 3.98. The van der Waals surface area contributed by atoms with Gasteiger partial charge in [-0.2, -0.15) is 0 Å². The van der Waals surface area contributed by atoms with Gasteiger partial charge in [0.25, 0.3) is 0 Å². The van der Waals surface area contributed by atoms with Crippen molar-refractivity contribution in [1.29, 1.82) is 0 Å². The molecule has 0 unspecified atom stereocenters. The topological polar surface area (TPSA) is 57.8 Å². The highest BCUT2D eigenvalue weighted by Gasteiger charge is 2.39. The lowest BCUT2D eigenvalue weighted by Gasteiger charge is -2.04. The summed E-state index contributed by atoms with van der Waals surface area (Å²) in [7, 11) is 0. The van der Waals surface area contributed by atoms with Gasteiger partial charge < -0.3 is 10.3 Å². The quantitative estimate of drug-likeness (QED) is 0.730. The van der Waals surface area contributed by atoms with E-state index in [1.807, 2.05) is 55.5 Å². The maximum Gasteiger partial charge on any atom is 0.231 e. The number of carbonyl (C=O) groups excluding carboxylic acids is 1. The van der Waals surface area contributed by atoms with E-state index in [4.69, 9.17) is 11.6 Å². The monoisotopic (exact) mass is 351 g/mol. The van der Waals surface area contributed by atoms with Crippen LogP contribution in [0.5, 0.6) is 0 Å². The Balaban J connectivity index is 1.33. The Labute approximate surface area is 150 Å². The lowest BCUT2D eigenvalue weighted by atomic mass is 10.1. The summed E-state index contributed by atoms with van der Waals surface area (Å²) in [6.07, 6.45) is 0.657. The third-order valence-corrected chi connectivity index (χ3v) is 4.80. The van der Waals surface area contributed by atoms with Gasteiger partial charge >= 0.3 is 0 Å². The standard InChI is InChI=1S/C20H18ClN3O/c1-12-18(13-5-3-2-4-6-13)19(12)20(25)22-10-9-17-23-15-8-7-14(21)11-16(15)24-17/h2-8,11,19H,9-10H2,1H3,(H,22,25)(H,23,24)/t19-/m1/s1. The van der Waals surface area contributed by atoms with Gasteiger partial charge in [-0.3, -0.25) is 4.79 Å². The first-order valence-corrected chi connectivity index (χ1v) is 8.69. The number of rotatable bonds is 5. The minimum absolute atomic E-state index is 0.0653. The molecule has 0 saturated carbocycles. The van der Waals surface area contributed by atoms with Crippen LogP contribution in [0.1, 0.15) is 18.3 Å². The van der Waals surface area contributed by atoms with Crippen LogP contribution in [-0.2, 0) is 11.2 Å². The fourth-order valence-electron chi connectivity index (χ4n) is 3.23. The maximum absolute atomic E-state index is 12.4. The molecule has 1 aliphatic rings. The van der Waals surface area contributed by atoms with Crippen molar-refractivity contribution in [3.05, 3.63) is 70.5 Å². The molecule has 2 N–H and O–H groups in total. The first-order chi connectivity index (χ1) is 12.1. The largest absolute Gasteiger partial charge is 0.355 e. The Hall–Kier alpha value is -2.59. The molecule has 0 saturated heterocycles. The molecule has 1 aliphatic carbocycles. The molecule has 4 nitrogen and oxygen atoms in total. The van der Waals surface area contributed by atoms with Gasteiger partial charge in [0.2, 0.25) is 5.91 Å². The van der Waals surface area contributed by atoms with Crippen molar-refractivity contribution in [2.45, 2.75) is 13.3 Å². The Morgan fingerprint density at radius 3 is 2.84 bits per heavy atom. The molecule has 5 heteroatoms. The van der Waals surface area contributed by atoms with Crippen molar-refractivity contribution in [2.75, 3.05) is 6.54 Å². The second kappa shape index (κ2) is 6.37. The fraction of sp³-hybridized carbons (Fsp3) is 0.200. The number of hydrogen-bond acceptors (Lipinski definition) is 2. The van der Waals surface area contributed by atoms with Crippen LogP contribution in [0.3, 0.4) is 0 Å². The van der Waals surface area contributed by atoms with Crippen LogP contribution in [0.15, 0.2) is 54.1 Å². The number of hydrogen-bond donors (Lipinski definition) is 2. The van der Waals surface area contributed by atoms with E-state index >= 15 is 0 Å². The number of aromatic amines is 1. The molecule has 0 radical (unpaired) electrons. The molecule has 25 heavy (non-hydrogen) atoms. The van der Waals surface area contributed by atoms with E-state index in [1.165, 1.54) is 0 Å². The van der Waals surface area contributed by atoms with Crippen molar-refractivity contribution < 1.29 is 4.79 Å². The van der Waals surface area contributed by atoms with Gasteiger partial charge in [-0.1, -0.05) is 47.5 Å². The molecular formula is C20H18ClN3O. The SMILES string of the molecule is CC1=C(c2ccccc2)[C@@H]1C(=O)NCCc1nc2ccc(Cl)cc2[nH]1. The Morgan fingerprint density at radius 1 is 1.24 bits per heavy atom. The van der Waals surface area contributed by atoms with Crippen LogP contribution in [0.2, 0.25) is 5.02 Å². The third-order valence-electron chi connectivity index (χ3n) is 4.56. The highest BCUT2D eigenvalue weighted by atomic mass is 35.5. The molecule has 126 valence electrons. The Morgan fingerprint density at radius 2 is 2.04 bits per heavy atom. The van der Waals surface area contributed by atoms with Crippen molar-refractivity contribution in [1.82, 2.24) is 15.3 Å². The van der Waals surface area contributed by atoms with E-state index in [9.17, 15) is 4.79 Å². The zero-order valence-corrected chi connectivity index (χ0v) is 14.6. The summed E-state index contributed by atoms with van der Waals surface area (Å²) in [5.41, 5.74) is 5.24. The van der Waals surface area contributed by atoms with Gasteiger partial charge in [0.1, 0.15) is 5.82 Å². The number of imidazole rings is 1. The number of benzene rings is 2. The first kappa shape index (κ1) is 15.9. The molecule has 1 atom stereocenters. The van der Waals surface area contributed by atoms with E-state index < -0.39 is 0 Å².